The highest BCUT2D eigenvalue weighted by atomic mass is 79.9. The van der Waals surface area contributed by atoms with Gasteiger partial charge in [0, 0.05) is 51.4 Å². The molecule has 1 atom stereocenters. The van der Waals surface area contributed by atoms with Gasteiger partial charge < -0.3 is 10.0 Å². The monoisotopic (exact) mass is 365 g/mol. The number of halogens is 2. The van der Waals surface area contributed by atoms with Crippen LogP contribution in [0.25, 0.3) is 0 Å². The highest BCUT2D eigenvalue weighted by Gasteiger charge is 2.17. The molecule has 3 nitrogen and oxygen atoms in total. The molecule has 1 aromatic rings. The van der Waals surface area contributed by atoms with Crippen molar-refractivity contribution in [3.63, 3.8) is 0 Å². The van der Waals surface area contributed by atoms with Crippen LogP contribution in [-0.4, -0.2) is 45.4 Å². The summed E-state index contributed by atoms with van der Waals surface area (Å²) in [6.07, 6.45) is 0.0987. The van der Waals surface area contributed by atoms with Gasteiger partial charge in [-0.1, -0.05) is 33.6 Å². The van der Waals surface area contributed by atoms with E-state index in [9.17, 15) is 9.32 Å². The summed E-state index contributed by atoms with van der Waals surface area (Å²) in [6, 6.07) is 5.53. The summed E-state index contributed by atoms with van der Waals surface area (Å²) < 4.78 is 12.2. The summed E-state index contributed by atoms with van der Waals surface area (Å²) in [4.78, 5) is 2.25. The largest absolute Gasteiger partial charge is 0.388 e. The van der Waals surface area contributed by atoms with Crippen molar-refractivity contribution >= 4 is 38.3 Å². The van der Waals surface area contributed by atoms with Crippen molar-refractivity contribution in [2.45, 2.75) is 12.5 Å². The van der Waals surface area contributed by atoms with E-state index < -0.39 is 16.9 Å². The first-order valence-corrected chi connectivity index (χ1v) is 8.92. The first-order valence-electron chi connectivity index (χ1n) is 6.26. The summed E-state index contributed by atoms with van der Waals surface area (Å²) in [7, 11) is -0.648. The number of aliphatic hydroxyl groups excluding tert-OH is 1. The van der Waals surface area contributed by atoms with Crippen LogP contribution < -0.4 is 0 Å². The van der Waals surface area contributed by atoms with Crippen LogP contribution in [0.3, 0.4) is 0 Å². The summed E-state index contributed by atoms with van der Waals surface area (Å²) in [5.74, 6) is 1.49. The molecular formula is C13H17BrClNO2S. The second kappa shape index (κ2) is 7.18. The molecule has 0 spiro atoms. The fourth-order valence-electron chi connectivity index (χ4n) is 2.13. The van der Waals surface area contributed by atoms with Gasteiger partial charge in [0.2, 0.25) is 0 Å². The van der Waals surface area contributed by atoms with Crippen molar-refractivity contribution in [2.24, 2.45) is 0 Å². The molecule has 2 rings (SSSR count). The van der Waals surface area contributed by atoms with Gasteiger partial charge in [0.25, 0.3) is 0 Å². The molecule has 0 amide bonds. The lowest BCUT2D eigenvalue weighted by Gasteiger charge is -2.27. The molecule has 1 aromatic carbocycles. The Balaban J connectivity index is 1.87. The Morgan fingerprint density at radius 3 is 2.74 bits per heavy atom. The van der Waals surface area contributed by atoms with Gasteiger partial charge in [0.05, 0.1) is 6.10 Å². The Bertz CT molecular complexity index is 462. The normalized spacial score (nSPS) is 19.5. The fraction of sp³-hybridized carbons (Fsp3) is 0.538. The highest BCUT2D eigenvalue weighted by Crippen LogP contribution is 2.28. The number of aliphatic hydroxyl groups is 1. The maximum atomic E-state index is 11.3. The molecule has 1 fully saturated rings. The Kier molecular flexibility index (Phi) is 5.84. The Morgan fingerprint density at radius 2 is 2.11 bits per heavy atom. The molecule has 6 heteroatoms. The zero-order valence-corrected chi connectivity index (χ0v) is 13.7. The van der Waals surface area contributed by atoms with Gasteiger partial charge in [-0.2, -0.15) is 0 Å². The molecular weight excluding hydrogens is 350 g/mol. The molecule has 0 bridgehead atoms. The third-order valence-corrected chi connectivity index (χ3v) is 5.41. The third kappa shape index (κ3) is 4.53. The lowest BCUT2D eigenvalue weighted by molar-refractivity contribution is 0.145. The highest BCUT2D eigenvalue weighted by molar-refractivity contribution is 9.10. The van der Waals surface area contributed by atoms with Crippen molar-refractivity contribution in [1.82, 2.24) is 4.90 Å². The topological polar surface area (TPSA) is 40.5 Å². The van der Waals surface area contributed by atoms with Crippen molar-refractivity contribution < 1.29 is 9.32 Å². The number of rotatable bonds is 4. The molecule has 19 heavy (non-hydrogen) atoms. The van der Waals surface area contributed by atoms with Gasteiger partial charge in [-0.25, -0.2) is 0 Å². The zero-order chi connectivity index (χ0) is 13.8. The lowest BCUT2D eigenvalue weighted by Crippen LogP contribution is -2.38. The maximum absolute atomic E-state index is 11.3. The minimum atomic E-state index is -0.648. The smallest absolute Gasteiger partial charge is 0.0816 e. The molecule has 0 radical (unpaired) electrons. The van der Waals surface area contributed by atoms with Crippen molar-refractivity contribution in [1.29, 1.82) is 0 Å². The van der Waals surface area contributed by atoms with Crippen LogP contribution in [0.4, 0.5) is 0 Å². The number of benzene rings is 1. The van der Waals surface area contributed by atoms with Crippen LogP contribution >= 0.6 is 27.5 Å². The predicted octanol–water partition coefficient (Wildman–Crippen LogP) is 2.59. The standard InChI is InChI=1S/C13H17BrClNO2S/c14-10-1-2-11(12(15)9-10)13(17)3-4-16-5-7-19(18)8-6-16/h1-2,9,13,17H,3-8H2. The average molecular weight is 367 g/mol. The van der Waals surface area contributed by atoms with Crippen LogP contribution in [0.5, 0.6) is 0 Å². The van der Waals surface area contributed by atoms with Gasteiger partial charge >= 0.3 is 0 Å². The Morgan fingerprint density at radius 1 is 1.42 bits per heavy atom. The first-order chi connectivity index (χ1) is 9.06. The number of hydrogen-bond acceptors (Lipinski definition) is 3. The van der Waals surface area contributed by atoms with E-state index in [1.54, 1.807) is 6.07 Å². The first kappa shape index (κ1) is 15.4. The van der Waals surface area contributed by atoms with E-state index in [2.05, 4.69) is 20.8 Å². The van der Waals surface area contributed by atoms with Crippen LogP contribution in [0.1, 0.15) is 18.1 Å². The molecule has 1 heterocycles. The lowest BCUT2D eigenvalue weighted by atomic mass is 10.1. The SMILES string of the molecule is O=S1CCN(CCC(O)c2ccc(Br)cc2Cl)CC1. The van der Waals surface area contributed by atoms with Gasteiger partial charge in [-0.15, -0.1) is 0 Å². The molecule has 0 aromatic heterocycles. The summed E-state index contributed by atoms with van der Waals surface area (Å²) in [5.41, 5.74) is 0.769. The summed E-state index contributed by atoms with van der Waals surface area (Å²) >= 11 is 9.47. The van der Waals surface area contributed by atoms with Crippen LogP contribution in [0, 0.1) is 0 Å². The summed E-state index contributed by atoms with van der Waals surface area (Å²) in [5, 5.41) is 10.8. The average Bonchev–Trinajstić information content (AvgIpc) is 2.37. The van der Waals surface area contributed by atoms with Crippen molar-refractivity contribution in [3.8, 4) is 0 Å². The van der Waals surface area contributed by atoms with E-state index in [1.807, 2.05) is 12.1 Å². The van der Waals surface area contributed by atoms with Crippen LogP contribution in [0.15, 0.2) is 22.7 Å². The van der Waals surface area contributed by atoms with Gasteiger partial charge in [-0.3, -0.25) is 4.21 Å². The zero-order valence-electron chi connectivity index (χ0n) is 10.5. The van der Waals surface area contributed by atoms with E-state index in [0.717, 1.165) is 41.2 Å². The second-order valence-corrected chi connectivity index (χ2v) is 7.68. The molecule has 0 saturated carbocycles. The molecule has 106 valence electrons. The molecule has 1 unspecified atom stereocenters. The summed E-state index contributed by atoms with van der Waals surface area (Å²) in [6.45, 7) is 2.52. The van der Waals surface area contributed by atoms with Crippen molar-refractivity contribution in [3.05, 3.63) is 33.3 Å². The van der Waals surface area contributed by atoms with Gasteiger partial charge in [-0.05, 0) is 24.1 Å². The number of hydrogen-bond donors (Lipinski definition) is 1. The molecule has 1 N–H and O–H groups in total. The quantitative estimate of drug-likeness (QED) is 0.890. The minimum absolute atomic E-state index is 0.548. The minimum Gasteiger partial charge on any atom is -0.388 e. The molecule has 1 saturated heterocycles. The van der Waals surface area contributed by atoms with E-state index >= 15 is 0 Å². The third-order valence-electron chi connectivity index (χ3n) is 3.31. The molecule has 0 aliphatic carbocycles. The fourth-order valence-corrected chi connectivity index (χ4v) is 4.06. The number of nitrogens with zero attached hydrogens (tertiary/aromatic N) is 1. The van der Waals surface area contributed by atoms with E-state index in [4.69, 9.17) is 11.6 Å². The van der Waals surface area contributed by atoms with E-state index in [1.165, 1.54) is 0 Å². The maximum Gasteiger partial charge on any atom is 0.0816 e. The Labute approximate surface area is 129 Å². The van der Waals surface area contributed by atoms with Gasteiger partial charge in [0.15, 0.2) is 0 Å². The Hall–Kier alpha value is 0.0600. The van der Waals surface area contributed by atoms with E-state index in [-0.39, 0.29) is 0 Å². The predicted molar refractivity (Wildman–Crippen MR) is 83.0 cm³/mol. The molecule has 1 aliphatic heterocycles. The molecule has 1 aliphatic rings. The second-order valence-electron chi connectivity index (χ2n) is 4.66. The van der Waals surface area contributed by atoms with E-state index in [0.29, 0.717) is 11.4 Å². The van der Waals surface area contributed by atoms with Gasteiger partial charge in [0.1, 0.15) is 0 Å². The van der Waals surface area contributed by atoms with Crippen LogP contribution in [-0.2, 0) is 10.8 Å². The van der Waals surface area contributed by atoms with Crippen molar-refractivity contribution in [2.75, 3.05) is 31.1 Å². The van der Waals surface area contributed by atoms with Crippen LogP contribution in [0.2, 0.25) is 5.02 Å².